The molecule has 0 heterocycles. The third-order valence-corrected chi connectivity index (χ3v) is 4.98. The number of rotatable bonds is 7. The Morgan fingerprint density at radius 3 is 2.26 bits per heavy atom. The highest BCUT2D eigenvalue weighted by atomic mass is 32.2. The molecular weight excluding hydrogens is 364 g/mol. The van der Waals surface area contributed by atoms with Crippen LogP contribution in [0.15, 0.2) is 48.5 Å². The molecule has 2 rings (SSSR count). The molecule has 0 spiro atoms. The maximum Gasteiger partial charge on any atom is 0.251 e. The molecule has 0 aromatic heterocycles. The predicted molar refractivity (Wildman–Crippen MR) is 107 cm³/mol. The topological polar surface area (TPSA) is 92.3 Å². The van der Waals surface area contributed by atoms with E-state index in [1.54, 1.807) is 30.3 Å². The van der Waals surface area contributed by atoms with Crippen molar-refractivity contribution in [3.8, 4) is 0 Å². The van der Waals surface area contributed by atoms with E-state index in [0.717, 1.165) is 17.4 Å². The van der Waals surface area contributed by atoms with E-state index in [1.807, 2.05) is 32.0 Å². The van der Waals surface area contributed by atoms with E-state index in [0.29, 0.717) is 11.3 Å². The number of benzene rings is 2. The fourth-order valence-electron chi connectivity index (χ4n) is 2.49. The SMILES string of the molecule is Cc1ccc(NC(=O)C(CCS(C)(=O)=O)NC(=O)c2cccc(C)c2)cc1. The highest BCUT2D eigenvalue weighted by Gasteiger charge is 2.23. The Hall–Kier alpha value is -2.67. The van der Waals surface area contributed by atoms with E-state index >= 15 is 0 Å². The molecule has 2 aromatic rings. The first-order valence-corrected chi connectivity index (χ1v) is 10.6. The zero-order valence-electron chi connectivity index (χ0n) is 15.7. The smallest absolute Gasteiger partial charge is 0.251 e. The Bertz CT molecular complexity index is 921. The molecular formula is C20H24N2O4S. The molecule has 6 nitrogen and oxygen atoms in total. The summed E-state index contributed by atoms with van der Waals surface area (Å²) in [6.07, 6.45) is 1.10. The molecule has 0 saturated carbocycles. The normalized spacial score (nSPS) is 12.3. The van der Waals surface area contributed by atoms with Gasteiger partial charge in [0, 0.05) is 17.5 Å². The van der Waals surface area contributed by atoms with Crippen LogP contribution in [0.25, 0.3) is 0 Å². The third kappa shape index (κ3) is 6.86. The van der Waals surface area contributed by atoms with E-state index in [2.05, 4.69) is 10.6 Å². The number of amides is 2. The Balaban J connectivity index is 2.15. The van der Waals surface area contributed by atoms with E-state index < -0.39 is 27.7 Å². The highest BCUT2D eigenvalue weighted by Crippen LogP contribution is 2.11. The van der Waals surface area contributed by atoms with Gasteiger partial charge in [0.1, 0.15) is 15.9 Å². The molecule has 0 fully saturated rings. The van der Waals surface area contributed by atoms with Crippen molar-refractivity contribution >= 4 is 27.3 Å². The van der Waals surface area contributed by atoms with Gasteiger partial charge in [0.25, 0.3) is 5.91 Å². The van der Waals surface area contributed by atoms with Crippen LogP contribution in [0.4, 0.5) is 5.69 Å². The molecule has 2 amide bonds. The lowest BCUT2D eigenvalue weighted by Crippen LogP contribution is -2.44. The van der Waals surface area contributed by atoms with Gasteiger partial charge in [-0.15, -0.1) is 0 Å². The first-order chi connectivity index (χ1) is 12.6. The summed E-state index contributed by atoms with van der Waals surface area (Å²) in [6.45, 7) is 3.80. The second kappa shape index (κ2) is 8.81. The number of nitrogens with one attached hydrogen (secondary N) is 2. The Morgan fingerprint density at radius 2 is 1.67 bits per heavy atom. The monoisotopic (exact) mass is 388 g/mol. The van der Waals surface area contributed by atoms with Crippen molar-refractivity contribution in [2.75, 3.05) is 17.3 Å². The van der Waals surface area contributed by atoms with Gasteiger partial charge in [0.05, 0.1) is 5.75 Å². The maximum absolute atomic E-state index is 12.6. The van der Waals surface area contributed by atoms with Gasteiger partial charge in [-0.2, -0.15) is 0 Å². The van der Waals surface area contributed by atoms with Crippen molar-refractivity contribution < 1.29 is 18.0 Å². The van der Waals surface area contributed by atoms with Crippen LogP contribution in [-0.4, -0.2) is 38.3 Å². The summed E-state index contributed by atoms with van der Waals surface area (Å²) >= 11 is 0. The Kier molecular flexibility index (Phi) is 6.74. The van der Waals surface area contributed by atoms with Gasteiger partial charge < -0.3 is 10.6 Å². The van der Waals surface area contributed by atoms with E-state index in [9.17, 15) is 18.0 Å². The molecule has 0 radical (unpaired) electrons. The molecule has 7 heteroatoms. The zero-order chi connectivity index (χ0) is 20.0. The summed E-state index contributed by atoms with van der Waals surface area (Å²) in [5, 5.41) is 5.37. The number of aryl methyl sites for hydroxylation is 2. The fourth-order valence-corrected chi connectivity index (χ4v) is 3.16. The minimum absolute atomic E-state index is 0.00587. The molecule has 0 aliphatic heterocycles. The fraction of sp³-hybridized carbons (Fsp3) is 0.300. The Labute approximate surface area is 159 Å². The largest absolute Gasteiger partial charge is 0.340 e. The number of carbonyl (C=O) groups is 2. The number of hydrogen-bond donors (Lipinski definition) is 2. The first-order valence-electron chi connectivity index (χ1n) is 8.57. The molecule has 0 aliphatic carbocycles. The number of carbonyl (C=O) groups excluding carboxylic acids is 2. The minimum Gasteiger partial charge on any atom is -0.340 e. The third-order valence-electron chi connectivity index (χ3n) is 4.00. The van der Waals surface area contributed by atoms with Gasteiger partial charge in [-0.3, -0.25) is 9.59 Å². The lowest BCUT2D eigenvalue weighted by Gasteiger charge is -2.18. The van der Waals surface area contributed by atoms with Gasteiger partial charge in [-0.1, -0.05) is 35.4 Å². The van der Waals surface area contributed by atoms with Gasteiger partial charge in [0.15, 0.2) is 0 Å². The summed E-state index contributed by atoms with van der Waals surface area (Å²) in [5.74, 6) is -1.08. The van der Waals surface area contributed by atoms with Crippen LogP contribution in [0, 0.1) is 13.8 Å². The van der Waals surface area contributed by atoms with Crippen molar-refractivity contribution in [3.63, 3.8) is 0 Å². The molecule has 1 unspecified atom stereocenters. The van der Waals surface area contributed by atoms with Crippen molar-refractivity contribution in [3.05, 3.63) is 65.2 Å². The average Bonchev–Trinajstić information content (AvgIpc) is 2.59. The molecule has 2 aromatic carbocycles. The van der Waals surface area contributed by atoms with Crippen molar-refractivity contribution in [2.45, 2.75) is 26.3 Å². The summed E-state index contributed by atoms with van der Waals surface area (Å²) in [4.78, 5) is 25.1. The summed E-state index contributed by atoms with van der Waals surface area (Å²) in [6, 6.07) is 13.2. The maximum atomic E-state index is 12.6. The summed E-state index contributed by atoms with van der Waals surface area (Å²) < 4.78 is 23.0. The molecule has 1 atom stereocenters. The summed E-state index contributed by atoms with van der Waals surface area (Å²) in [5.41, 5.74) is 2.97. The number of hydrogen-bond acceptors (Lipinski definition) is 4. The van der Waals surface area contributed by atoms with Gasteiger partial charge in [-0.05, 0) is 44.5 Å². The average molecular weight is 388 g/mol. The van der Waals surface area contributed by atoms with Crippen LogP contribution in [0.1, 0.15) is 27.9 Å². The molecule has 0 saturated heterocycles. The van der Waals surface area contributed by atoms with Crippen molar-refractivity contribution in [1.29, 1.82) is 0 Å². The molecule has 2 N–H and O–H groups in total. The second-order valence-corrected chi connectivity index (χ2v) is 8.93. The van der Waals surface area contributed by atoms with Crippen LogP contribution >= 0.6 is 0 Å². The lowest BCUT2D eigenvalue weighted by molar-refractivity contribution is -0.118. The van der Waals surface area contributed by atoms with Crippen LogP contribution in [0.3, 0.4) is 0 Å². The van der Waals surface area contributed by atoms with Crippen LogP contribution < -0.4 is 10.6 Å². The first kappa shape index (κ1) is 20.6. The van der Waals surface area contributed by atoms with Crippen LogP contribution in [0.5, 0.6) is 0 Å². The van der Waals surface area contributed by atoms with Crippen molar-refractivity contribution in [2.24, 2.45) is 0 Å². The highest BCUT2D eigenvalue weighted by molar-refractivity contribution is 7.90. The van der Waals surface area contributed by atoms with Gasteiger partial charge in [0.2, 0.25) is 5.91 Å². The standard InChI is InChI=1S/C20H24N2O4S/c1-14-7-9-17(10-8-14)21-20(24)18(11-12-27(3,25)26)22-19(23)16-6-4-5-15(2)13-16/h4-10,13,18H,11-12H2,1-3H3,(H,21,24)(H,22,23). The van der Waals surface area contributed by atoms with E-state index in [1.165, 1.54) is 0 Å². The number of anilines is 1. The van der Waals surface area contributed by atoms with Gasteiger partial charge >= 0.3 is 0 Å². The quantitative estimate of drug-likeness (QED) is 0.762. The zero-order valence-corrected chi connectivity index (χ0v) is 16.5. The van der Waals surface area contributed by atoms with Crippen LogP contribution in [0.2, 0.25) is 0 Å². The van der Waals surface area contributed by atoms with Crippen LogP contribution in [-0.2, 0) is 14.6 Å². The Morgan fingerprint density at radius 1 is 1.00 bits per heavy atom. The predicted octanol–water partition coefficient (Wildman–Crippen LogP) is 2.48. The van der Waals surface area contributed by atoms with Crippen molar-refractivity contribution in [1.82, 2.24) is 5.32 Å². The molecule has 0 aliphatic rings. The van der Waals surface area contributed by atoms with E-state index in [-0.39, 0.29) is 12.2 Å². The summed E-state index contributed by atoms with van der Waals surface area (Å²) in [7, 11) is -3.27. The number of sulfone groups is 1. The van der Waals surface area contributed by atoms with Gasteiger partial charge in [-0.25, -0.2) is 8.42 Å². The lowest BCUT2D eigenvalue weighted by atomic mass is 10.1. The molecule has 0 bridgehead atoms. The second-order valence-electron chi connectivity index (χ2n) is 6.67. The minimum atomic E-state index is -3.27. The van der Waals surface area contributed by atoms with E-state index in [4.69, 9.17) is 0 Å². The molecule has 144 valence electrons. The molecule has 27 heavy (non-hydrogen) atoms.